The fourth-order valence-electron chi connectivity index (χ4n) is 3.26. The van der Waals surface area contributed by atoms with Gasteiger partial charge in [-0.3, -0.25) is 14.6 Å². The molecule has 3 heterocycles. The third-order valence-corrected chi connectivity index (χ3v) is 4.80. The zero-order valence-electron chi connectivity index (χ0n) is 19.8. The molecule has 0 bridgehead atoms. The van der Waals surface area contributed by atoms with E-state index in [0.29, 0.717) is 12.6 Å². The van der Waals surface area contributed by atoms with Gasteiger partial charge in [-0.15, -0.1) is 0 Å². The van der Waals surface area contributed by atoms with E-state index in [2.05, 4.69) is 4.98 Å². The largest absolute Gasteiger partial charge is 0.332 e. The van der Waals surface area contributed by atoms with Crippen molar-refractivity contribution in [3.05, 3.63) is 65.0 Å². The predicted molar refractivity (Wildman–Crippen MR) is 123 cm³/mol. The highest BCUT2D eigenvalue weighted by Gasteiger charge is 2.29. The van der Waals surface area contributed by atoms with Crippen LogP contribution in [0, 0.1) is 0 Å². The summed E-state index contributed by atoms with van der Waals surface area (Å²) in [5, 5.41) is 0. The van der Waals surface area contributed by atoms with Crippen molar-refractivity contribution in [3.63, 3.8) is 0 Å². The highest BCUT2D eigenvalue weighted by Crippen LogP contribution is 2.24. The van der Waals surface area contributed by atoms with E-state index in [9.17, 15) is 9.59 Å². The SMILES string of the molecule is CC.CC.CC(C)N1Cc2ccccc2C1=O.CC(C)N1Cc2ncccc2C1=O. The quantitative estimate of drug-likeness (QED) is 0.651. The lowest BCUT2D eigenvalue weighted by Gasteiger charge is -2.19. The Hall–Kier alpha value is -2.69. The van der Waals surface area contributed by atoms with Crippen LogP contribution in [-0.4, -0.2) is 38.7 Å². The molecule has 0 unspecified atom stereocenters. The molecule has 0 radical (unpaired) electrons. The van der Waals surface area contributed by atoms with Crippen molar-refractivity contribution in [2.45, 2.75) is 80.6 Å². The van der Waals surface area contributed by atoms with E-state index in [-0.39, 0.29) is 17.9 Å². The summed E-state index contributed by atoms with van der Waals surface area (Å²) >= 11 is 0. The van der Waals surface area contributed by atoms with E-state index < -0.39 is 0 Å². The van der Waals surface area contributed by atoms with Crippen molar-refractivity contribution in [2.24, 2.45) is 0 Å². The molecule has 1 aromatic carbocycles. The molecular formula is C25H37N3O2. The average molecular weight is 412 g/mol. The molecular weight excluding hydrogens is 374 g/mol. The molecule has 5 nitrogen and oxygen atoms in total. The average Bonchev–Trinajstić information content (AvgIpc) is 3.30. The number of nitrogens with zero attached hydrogens (tertiary/aromatic N) is 3. The third kappa shape index (κ3) is 5.68. The van der Waals surface area contributed by atoms with Crippen molar-refractivity contribution in [2.75, 3.05) is 0 Å². The van der Waals surface area contributed by atoms with Gasteiger partial charge in [-0.2, -0.15) is 0 Å². The smallest absolute Gasteiger partial charge is 0.256 e. The molecule has 0 N–H and O–H groups in total. The van der Waals surface area contributed by atoms with Crippen LogP contribution in [0.3, 0.4) is 0 Å². The second-order valence-electron chi connectivity index (χ2n) is 7.21. The van der Waals surface area contributed by atoms with Crippen molar-refractivity contribution in [1.29, 1.82) is 0 Å². The standard InChI is InChI=1S/C11H13NO.C10H12N2O.2C2H6/c1-8(2)12-7-9-5-3-4-6-10(9)11(12)13;1-7(2)12-6-9-8(10(12)13)4-3-5-11-9;2*1-2/h3-6,8H,7H2,1-2H3;3-5,7H,6H2,1-2H3;2*1-2H3. The molecule has 5 heteroatoms. The molecule has 0 fully saturated rings. The number of hydrogen-bond acceptors (Lipinski definition) is 3. The van der Waals surface area contributed by atoms with Crippen molar-refractivity contribution in [1.82, 2.24) is 14.8 Å². The van der Waals surface area contributed by atoms with Gasteiger partial charge >= 0.3 is 0 Å². The summed E-state index contributed by atoms with van der Waals surface area (Å²) in [5.74, 6) is 0.281. The molecule has 2 aliphatic heterocycles. The maximum absolute atomic E-state index is 11.8. The first-order valence-corrected chi connectivity index (χ1v) is 11.0. The normalized spacial score (nSPS) is 13.7. The number of carbonyl (C=O) groups excluding carboxylic acids is 2. The minimum absolute atomic E-state index is 0.109. The molecule has 1 aromatic heterocycles. The molecule has 0 saturated carbocycles. The number of hydrogen-bond donors (Lipinski definition) is 0. The zero-order valence-corrected chi connectivity index (χ0v) is 19.8. The fraction of sp³-hybridized carbons (Fsp3) is 0.480. The van der Waals surface area contributed by atoms with Gasteiger partial charge in [0.2, 0.25) is 0 Å². The molecule has 2 aromatic rings. The van der Waals surface area contributed by atoms with Crippen LogP contribution < -0.4 is 0 Å². The molecule has 0 atom stereocenters. The van der Waals surface area contributed by atoms with E-state index in [4.69, 9.17) is 0 Å². The van der Waals surface area contributed by atoms with E-state index in [1.807, 2.05) is 95.5 Å². The van der Waals surface area contributed by atoms with Crippen molar-refractivity contribution in [3.8, 4) is 0 Å². The van der Waals surface area contributed by atoms with Crippen LogP contribution in [0.4, 0.5) is 0 Å². The first-order chi connectivity index (χ1) is 14.4. The minimum atomic E-state index is 0.109. The predicted octanol–water partition coefficient (Wildman–Crippen LogP) is 5.55. The Morgan fingerprint density at radius 2 is 1.23 bits per heavy atom. The Bertz CT molecular complexity index is 761. The summed E-state index contributed by atoms with van der Waals surface area (Å²) in [6, 6.07) is 12.0. The minimum Gasteiger partial charge on any atom is -0.332 e. The van der Waals surface area contributed by atoms with Gasteiger partial charge in [0, 0.05) is 30.4 Å². The van der Waals surface area contributed by atoms with E-state index in [0.717, 1.165) is 28.9 Å². The number of fused-ring (bicyclic) bond motifs is 2. The van der Waals surface area contributed by atoms with Crippen LogP contribution in [0.5, 0.6) is 0 Å². The van der Waals surface area contributed by atoms with E-state index >= 15 is 0 Å². The first-order valence-electron chi connectivity index (χ1n) is 11.0. The fourth-order valence-corrected chi connectivity index (χ4v) is 3.26. The maximum atomic E-state index is 11.8. The second-order valence-corrected chi connectivity index (χ2v) is 7.21. The van der Waals surface area contributed by atoms with Crippen LogP contribution in [0.15, 0.2) is 42.6 Å². The number of amides is 2. The monoisotopic (exact) mass is 411 g/mol. The lowest BCUT2D eigenvalue weighted by atomic mass is 10.1. The van der Waals surface area contributed by atoms with E-state index in [1.165, 1.54) is 0 Å². The summed E-state index contributed by atoms with van der Waals surface area (Å²) < 4.78 is 0. The molecule has 4 rings (SSSR count). The molecule has 164 valence electrons. The van der Waals surface area contributed by atoms with Crippen molar-refractivity contribution < 1.29 is 9.59 Å². The first kappa shape index (κ1) is 25.3. The van der Waals surface area contributed by atoms with Crippen LogP contribution in [0.2, 0.25) is 0 Å². The van der Waals surface area contributed by atoms with Crippen molar-refractivity contribution >= 4 is 11.8 Å². The van der Waals surface area contributed by atoms with Crippen LogP contribution in [0.25, 0.3) is 0 Å². The third-order valence-electron chi connectivity index (χ3n) is 4.80. The Labute approximate surface area is 182 Å². The molecule has 0 saturated heterocycles. The summed E-state index contributed by atoms with van der Waals surface area (Å²) in [6.07, 6.45) is 1.73. The topological polar surface area (TPSA) is 53.5 Å². The summed E-state index contributed by atoms with van der Waals surface area (Å²) in [5.41, 5.74) is 3.69. The molecule has 2 amide bonds. The van der Waals surface area contributed by atoms with Gasteiger partial charge in [0.05, 0.1) is 17.8 Å². The van der Waals surface area contributed by atoms with E-state index in [1.54, 1.807) is 12.3 Å². The highest BCUT2D eigenvalue weighted by atomic mass is 16.2. The molecule has 0 aliphatic carbocycles. The molecule has 30 heavy (non-hydrogen) atoms. The number of carbonyl (C=O) groups is 2. The van der Waals surface area contributed by atoms with Gasteiger partial charge in [-0.1, -0.05) is 45.9 Å². The van der Waals surface area contributed by atoms with Gasteiger partial charge in [0.1, 0.15) is 0 Å². The summed E-state index contributed by atoms with van der Waals surface area (Å²) in [6.45, 7) is 17.6. The number of aromatic nitrogens is 1. The Morgan fingerprint density at radius 1 is 0.733 bits per heavy atom. The molecule has 0 spiro atoms. The number of pyridine rings is 1. The van der Waals surface area contributed by atoms with Gasteiger partial charge < -0.3 is 9.80 Å². The van der Waals surface area contributed by atoms with Gasteiger partial charge in [0.15, 0.2) is 0 Å². The molecule has 2 aliphatic rings. The van der Waals surface area contributed by atoms with Gasteiger partial charge in [-0.25, -0.2) is 0 Å². The van der Waals surface area contributed by atoms with Gasteiger partial charge in [0.25, 0.3) is 11.8 Å². The zero-order chi connectivity index (χ0) is 22.8. The van der Waals surface area contributed by atoms with Crippen LogP contribution in [0.1, 0.15) is 87.4 Å². The Balaban J connectivity index is 0.000000258. The number of benzene rings is 1. The lowest BCUT2D eigenvalue weighted by molar-refractivity contribution is 0.0722. The summed E-state index contributed by atoms with van der Waals surface area (Å²) in [4.78, 5) is 31.4. The Kier molecular flexibility index (Phi) is 10.2. The lowest BCUT2D eigenvalue weighted by Crippen LogP contribution is -2.30. The van der Waals surface area contributed by atoms with Gasteiger partial charge in [-0.05, 0) is 51.5 Å². The number of rotatable bonds is 2. The van der Waals surface area contributed by atoms with Crippen LogP contribution >= 0.6 is 0 Å². The summed E-state index contributed by atoms with van der Waals surface area (Å²) in [7, 11) is 0. The van der Waals surface area contributed by atoms with Crippen LogP contribution in [-0.2, 0) is 13.1 Å². The Morgan fingerprint density at radius 3 is 1.77 bits per heavy atom. The maximum Gasteiger partial charge on any atom is 0.256 e. The highest BCUT2D eigenvalue weighted by molar-refractivity contribution is 5.98. The second kappa shape index (κ2) is 12.1.